The highest BCUT2D eigenvalue weighted by Gasteiger charge is 2.23. The quantitative estimate of drug-likeness (QED) is 0.943. The van der Waals surface area contributed by atoms with Gasteiger partial charge in [0.15, 0.2) is 0 Å². The van der Waals surface area contributed by atoms with Crippen LogP contribution >= 0.6 is 0 Å². The molecule has 0 aliphatic carbocycles. The minimum atomic E-state index is -0.0824. The number of nitrogens with zero attached hydrogens (tertiary/aromatic N) is 3. The normalized spacial score (nSPS) is 13.8. The molecular formula is C16H20N4O2. The third-order valence-corrected chi connectivity index (χ3v) is 3.74. The molecule has 0 fully saturated rings. The summed E-state index contributed by atoms with van der Waals surface area (Å²) in [6.45, 7) is 5.10. The Kier molecular flexibility index (Phi) is 4.39. The number of imidazole rings is 1. The van der Waals surface area contributed by atoms with Crippen LogP contribution in [-0.4, -0.2) is 33.6 Å². The summed E-state index contributed by atoms with van der Waals surface area (Å²) in [6, 6.07) is 9.41. The molecule has 116 valence electrons. The maximum absolute atomic E-state index is 12.4. The summed E-state index contributed by atoms with van der Waals surface area (Å²) in [4.78, 5) is 18.6. The Bertz CT molecular complexity index is 639. The highest BCUT2D eigenvalue weighted by atomic mass is 16.5. The molecule has 0 atom stereocenters. The van der Waals surface area contributed by atoms with Crippen molar-refractivity contribution in [2.75, 3.05) is 18.5 Å². The van der Waals surface area contributed by atoms with Gasteiger partial charge in [0.1, 0.15) is 0 Å². The maximum atomic E-state index is 12.4. The van der Waals surface area contributed by atoms with Crippen molar-refractivity contribution in [3.63, 3.8) is 0 Å². The number of anilines is 1. The highest BCUT2D eigenvalue weighted by Crippen LogP contribution is 2.18. The van der Waals surface area contributed by atoms with Gasteiger partial charge in [-0.05, 0) is 19.1 Å². The third kappa shape index (κ3) is 3.12. The number of benzene rings is 1. The molecule has 0 saturated carbocycles. The average Bonchev–Trinajstić information content (AvgIpc) is 2.96. The van der Waals surface area contributed by atoms with E-state index in [4.69, 9.17) is 4.74 Å². The van der Waals surface area contributed by atoms with Crippen LogP contribution in [0.4, 0.5) is 10.5 Å². The minimum absolute atomic E-state index is 0.0824. The molecule has 2 heterocycles. The monoisotopic (exact) mass is 300 g/mol. The van der Waals surface area contributed by atoms with E-state index in [-0.39, 0.29) is 6.03 Å². The van der Waals surface area contributed by atoms with Gasteiger partial charge in [0.25, 0.3) is 0 Å². The predicted octanol–water partition coefficient (Wildman–Crippen LogP) is 2.47. The molecule has 0 unspecified atom stereocenters. The van der Waals surface area contributed by atoms with Gasteiger partial charge in [-0.2, -0.15) is 0 Å². The zero-order valence-electron chi connectivity index (χ0n) is 12.7. The van der Waals surface area contributed by atoms with Crippen molar-refractivity contribution in [3.05, 3.63) is 48.0 Å². The van der Waals surface area contributed by atoms with Gasteiger partial charge in [-0.15, -0.1) is 0 Å². The lowest BCUT2D eigenvalue weighted by molar-refractivity contribution is 0.129. The fraction of sp³-hybridized carbons (Fsp3) is 0.375. The molecule has 1 aliphatic heterocycles. The Morgan fingerprint density at radius 2 is 2.14 bits per heavy atom. The first kappa shape index (κ1) is 14.6. The smallest absolute Gasteiger partial charge is 0.322 e. The third-order valence-electron chi connectivity index (χ3n) is 3.74. The van der Waals surface area contributed by atoms with Crippen molar-refractivity contribution in [3.8, 4) is 0 Å². The maximum Gasteiger partial charge on any atom is 0.322 e. The second-order valence-electron chi connectivity index (χ2n) is 5.19. The van der Waals surface area contributed by atoms with Crippen LogP contribution in [0.1, 0.15) is 18.3 Å². The van der Waals surface area contributed by atoms with Gasteiger partial charge in [0.05, 0.1) is 30.9 Å². The molecule has 2 aromatic rings. The second-order valence-corrected chi connectivity index (χ2v) is 5.19. The number of para-hydroxylation sites is 1. The topological polar surface area (TPSA) is 59.4 Å². The van der Waals surface area contributed by atoms with Crippen LogP contribution in [0.25, 0.3) is 0 Å². The van der Waals surface area contributed by atoms with Gasteiger partial charge in [-0.3, -0.25) is 0 Å². The molecule has 0 spiro atoms. The Morgan fingerprint density at radius 3 is 2.91 bits per heavy atom. The summed E-state index contributed by atoms with van der Waals surface area (Å²) in [7, 11) is 0. The van der Waals surface area contributed by atoms with E-state index in [1.54, 1.807) is 4.90 Å². The molecule has 1 aliphatic rings. The van der Waals surface area contributed by atoms with E-state index in [1.807, 2.05) is 43.6 Å². The Labute approximate surface area is 129 Å². The first-order valence-electron chi connectivity index (χ1n) is 7.49. The number of fused-ring (bicyclic) bond motifs is 1. The van der Waals surface area contributed by atoms with Crippen molar-refractivity contribution >= 4 is 11.7 Å². The number of carbonyl (C=O) groups excluding carboxylic acids is 1. The molecule has 22 heavy (non-hydrogen) atoms. The van der Waals surface area contributed by atoms with E-state index in [2.05, 4.69) is 14.9 Å². The van der Waals surface area contributed by atoms with Crippen molar-refractivity contribution in [1.29, 1.82) is 0 Å². The number of hydrogen-bond acceptors (Lipinski definition) is 3. The standard InChI is InChI=1S/C16H20N4O2/c1-2-22-11-14-15-10-19(8-9-20(15)12-17-14)16(21)18-13-6-4-3-5-7-13/h3-7,12H,2,8-11H2,1H3,(H,18,21). The Balaban J connectivity index is 1.68. The number of carbonyl (C=O) groups is 1. The van der Waals surface area contributed by atoms with E-state index in [0.717, 1.165) is 23.6 Å². The minimum Gasteiger partial charge on any atom is -0.375 e. The summed E-state index contributed by atoms with van der Waals surface area (Å²) in [6.07, 6.45) is 1.83. The van der Waals surface area contributed by atoms with Crippen molar-refractivity contribution < 1.29 is 9.53 Å². The average molecular weight is 300 g/mol. The molecule has 2 amide bonds. The van der Waals surface area contributed by atoms with Gasteiger partial charge in [0, 0.05) is 25.4 Å². The highest BCUT2D eigenvalue weighted by molar-refractivity contribution is 5.89. The van der Waals surface area contributed by atoms with E-state index in [0.29, 0.717) is 26.3 Å². The number of hydrogen-bond donors (Lipinski definition) is 1. The lowest BCUT2D eigenvalue weighted by atomic mass is 10.2. The van der Waals surface area contributed by atoms with E-state index < -0.39 is 0 Å². The first-order chi connectivity index (χ1) is 10.8. The lowest BCUT2D eigenvalue weighted by Gasteiger charge is -2.29. The van der Waals surface area contributed by atoms with Gasteiger partial charge < -0.3 is 19.5 Å². The first-order valence-corrected chi connectivity index (χ1v) is 7.49. The summed E-state index contributed by atoms with van der Waals surface area (Å²) < 4.78 is 7.54. The number of ether oxygens (including phenoxy) is 1. The van der Waals surface area contributed by atoms with Crippen LogP contribution < -0.4 is 5.32 Å². The van der Waals surface area contributed by atoms with Gasteiger partial charge in [0.2, 0.25) is 0 Å². The second kappa shape index (κ2) is 6.62. The molecule has 6 heteroatoms. The van der Waals surface area contributed by atoms with Gasteiger partial charge in [-0.25, -0.2) is 9.78 Å². The fourth-order valence-corrected chi connectivity index (χ4v) is 2.53. The molecule has 0 radical (unpaired) electrons. The van der Waals surface area contributed by atoms with Crippen LogP contribution in [0, 0.1) is 0 Å². The summed E-state index contributed by atoms with van der Waals surface area (Å²) in [5.74, 6) is 0. The molecule has 0 saturated heterocycles. The summed E-state index contributed by atoms with van der Waals surface area (Å²) in [5, 5.41) is 2.92. The van der Waals surface area contributed by atoms with Crippen LogP contribution in [0.2, 0.25) is 0 Å². The lowest BCUT2D eigenvalue weighted by Crippen LogP contribution is -2.40. The van der Waals surface area contributed by atoms with Crippen molar-refractivity contribution in [1.82, 2.24) is 14.5 Å². The number of nitrogens with one attached hydrogen (secondary N) is 1. The van der Waals surface area contributed by atoms with Crippen molar-refractivity contribution in [2.45, 2.75) is 26.6 Å². The predicted molar refractivity (Wildman–Crippen MR) is 83.4 cm³/mol. The van der Waals surface area contributed by atoms with Gasteiger partial charge >= 0.3 is 6.03 Å². The van der Waals surface area contributed by atoms with E-state index >= 15 is 0 Å². The Hall–Kier alpha value is -2.34. The molecule has 3 rings (SSSR count). The molecular weight excluding hydrogens is 280 g/mol. The molecule has 1 aromatic heterocycles. The molecule has 1 aromatic carbocycles. The summed E-state index contributed by atoms with van der Waals surface area (Å²) in [5.41, 5.74) is 2.78. The number of rotatable bonds is 4. The zero-order chi connectivity index (χ0) is 15.4. The number of amides is 2. The summed E-state index contributed by atoms with van der Waals surface area (Å²) >= 11 is 0. The largest absolute Gasteiger partial charge is 0.375 e. The molecule has 6 nitrogen and oxygen atoms in total. The zero-order valence-corrected chi connectivity index (χ0v) is 12.7. The van der Waals surface area contributed by atoms with E-state index in [1.165, 1.54) is 0 Å². The number of aromatic nitrogens is 2. The van der Waals surface area contributed by atoms with E-state index in [9.17, 15) is 4.79 Å². The van der Waals surface area contributed by atoms with Crippen LogP contribution in [-0.2, 0) is 24.4 Å². The number of urea groups is 1. The van der Waals surface area contributed by atoms with Crippen LogP contribution in [0.15, 0.2) is 36.7 Å². The molecule has 0 bridgehead atoms. The van der Waals surface area contributed by atoms with Crippen molar-refractivity contribution in [2.24, 2.45) is 0 Å². The van der Waals surface area contributed by atoms with Crippen LogP contribution in [0.5, 0.6) is 0 Å². The van der Waals surface area contributed by atoms with Gasteiger partial charge in [-0.1, -0.05) is 18.2 Å². The SMILES string of the molecule is CCOCc1ncn2c1CN(C(=O)Nc1ccccc1)CC2. The Morgan fingerprint density at radius 1 is 1.32 bits per heavy atom. The van der Waals surface area contributed by atoms with Crippen LogP contribution in [0.3, 0.4) is 0 Å². The molecule has 1 N–H and O–H groups in total. The fourth-order valence-electron chi connectivity index (χ4n) is 2.53.